The van der Waals surface area contributed by atoms with Crippen molar-refractivity contribution in [2.75, 3.05) is 50.2 Å². The quantitative estimate of drug-likeness (QED) is 0.353. The molecule has 0 fully saturated rings. The molecule has 1 heterocycles. The van der Waals surface area contributed by atoms with E-state index in [2.05, 4.69) is 25.9 Å². The first-order valence-corrected chi connectivity index (χ1v) is 7.58. The Labute approximate surface area is 123 Å². The van der Waals surface area contributed by atoms with Crippen LogP contribution in [0.2, 0.25) is 0 Å². The molecule has 0 atom stereocenters. The summed E-state index contributed by atoms with van der Waals surface area (Å²) in [6.45, 7) is 3.94. The highest BCUT2D eigenvalue weighted by Gasteiger charge is 2.05. The van der Waals surface area contributed by atoms with Crippen LogP contribution in [0.15, 0.2) is 11.2 Å². The van der Waals surface area contributed by atoms with Crippen molar-refractivity contribution in [3.63, 3.8) is 0 Å². The Hall–Kier alpha value is -1.54. The predicted molar refractivity (Wildman–Crippen MR) is 81.4 cm³/mol. The number of nitrogens with zero attached hydrogens (tertiary/aromatic N) is 2. The average molecular weight is 299 g/mol. The van der Waals surface area contributed by atoms with Crippen molar-refractivity contribution in [2.45, 2.75) is 12.1 Å². The molecule has 7 nitrogen and oxygen atoms in total. The summed E-state index contributed by atoms with van der Waals surface area (Å²) >= 11 is 1.45. The van der Waals surface area contributed by atoms with Gasteiger partial charge in [0.15, 0.2) is 5.16 Å². The standard InChI is InChI=1S/C12H21N5O2S/c1-4-13-9-7-10(17-12(16-9)20-3)15-8-11(18)14-5-6-19-2/h7H,4-6,8H2,1-3H3,(H,14,18)(H2,13,15,16,17). The summed E-state index contributed by atoms with van der Waals surface area (Å²) in [4.78, 5) is 20.2. The smallest absolute Gasteiger partial charge is 0.239 e. The van der Waals surface area contributed by atoms with Gasteiger partial charge in [0.05, 0.1) is 13.2 Å². The molecule has 0 aliphatic heterocycles. The Balaban J connectivity index is 2.53. The molecule has 1 aromatic rings. The number of ether oxygens (including phenoxy) is 1. The number of hydrogen-bond donors (Lipinski definition) is 3. The van der Waals surface area contributed by atoms with Crippen LogP contribution in [0.1, 0.15) is 6.92 Å². The van der Waals surface area contributed by atoms with E-state index in [1.165, 1.54) is 11.8 Å². The highest BCUT2D eigenvalue weighted by atomic mass is 32.2. The minimum Gasteiger partial charge on any atom is -0.383 e. The lowest BCUT2D eigenvalue weighted by Crippen LogP contribution is -2.32. The van der Waals surface area contributed by atoms with Crippen LogP contribution >= 0.6 is 11.8 Å². The molecule has 0 saturated carbocycles. The Morgan fingerprint density at radius 2 is 2.05 bits per heavy atom. The van der Waals surface area contributed by atoms with Crippen molar-refractivity contribution < 1.29 is 9.53 Å². The lowest BCUT2D eigenvalue weighted by atomic mass is 10.4. The zero-order valence-electron chi connectivity index (χ0n) is 12.0. The lowest BCUT2D eigenvalue weighted by Gasteiger charge is -2.10. The zero-order valence-corrected chi connectivity index (χ0v) is 12.8. The molecule has 0 aromatic carbocycles. The number of anilines is 2. The van der Waals surface area contributed by atoms with Gasteiger partial charge in [-0.25, -0.2) is 9.97 Å². The lowest BCUT2D eigenvalue weighted by molar-refractivity contribution is -0.119. The molecular formula is C12H21N5O2S. The first-order chi connectivity index (χ1) is 9.69. The fraction of sp³-hybridized carbons (Fsp3) is 0.583. The van der Waals surface area contributed by atoms with Gasteiger partial charge in [-0.3, -0.25) is 4.79 Å². The molecule has 0 spiro atoms. The van der Waals surface area contributed by atoms with Crippen LogP contribution in [0.25, 0.3) is 0 Å². The van der Waals surface area contributed by atoms with Crippen LogP contribution < -0.4 is 16.0 Å². The van der Waals surface area contributed by atoms with Crippen LogP contribution in [-0.2, 0) is 9.53 Å². The average Bonchev–Trinajstić information content (AvgIpc) is 2.45. The van der Waals surface area contributed by atoms with Crippen LogP contribution in [0.3, 0.4) is 0 Å². The maximum atomic E-state index is 11.6. The van der Waals surface area contributed by atoms with Gasteiger partial charge >= 0.3 is 0 Å². The molecule has 0 aliphatic carbocycles. The van der Waals surface area contributed by atoms with Gasteiger partial charge in [-0.15, -0.1) is 0 Å². The number of methoxy groups -OCH3 is 1. The molecule has 0 unspecified atom stereocenters. The molecule has 1 aromatic heterocycles. The first kappa shape index (κ1) is 16.5. The molecule has 0 saturated heterocycles. The minimum atomic E-state index is -0.101. The molecule has 1 amide bonds. The topological polar surface area (TPSA) is 88.2 Å². The Morgan fingerprint density at radius 3 is 2.65 bits per heavy atom. The third kappa shape index (κ3) is 6.07. The van der Waals surface area contributed by atoms with Gasteiger partial charge in [0, 0.05) is 26.3 Å². The number of carbonyl (C=O) groups is 1. The molecule has 8 heteroatoms. The van der Waals surface area contributed by atoms with Crippen LogP contribution in [0, 0.1) is 0 Å². The second kappa shape index (κ2) is 9.38. The second-order valence-corrected chi connectivity index (χ2v) is 4.63. The summed E-state index contributed by atoms with van der Waals surface area (Å²) in [6.07, 6.45) is 1.91. The largest absolute Gasteiger partial charge is 0.383 e. The van der Waals surface area contributed by atoms with E-state index in [9.17, 15) is 4.79 Å². The van der Waals surface area contributed by atoms with E-state index in [0.717, 1.165) is 12.4 Å². The summed E-state index contributed by atoms with van der Waals surface area (Å²) in [5, 5.41) is 9.51. The summed E-state index contributed by atoms with van der Waals surface area (Å²) in [5.41, 5.74) is 0. The fourth-order valence-electron chi connectivity index (χ4n) is 1.40. The molecule has 3 N–H and O–H groups in total. The second-order valence-electron chi connectivity index (χ2n) is 3.85. The van der Waals surface area contributed by atoms with Gasteiger partial charge in [0.2, 0.25) is 5.91 Å². The first-order valence-electron chi connectivity index (χ1n) is 6.36. The van der Waals surface area contributed by atoms with E-state index < -0.39 is 0 Å². The van der Waals surface area contributed by atoms with Gasteiger partial charge in [0.25, 0.3) is 0 Å². The number of hydrogen-bond acceptors (Lipinski definition) is 7. The number of amides is 1. The highest BCUT2D eigenvalue weighted by Crippen LogP contribution is 2.16. The molecule has 112 valence electrons. The van der Waals surface area contributed by atoms with Crippen LogP contribution in [0.5, 0.6) is 0 Å². The summed E-state index contributed by atoms with van der Waals surface area (Å²) in [5.74, 6) is 1.27. The van der Waals surface area contributed by atoms with E-state index >= 15 is 0 Å². The number of nitrogens with one attached hydrogen (secondary N) is 3. The maximum absolute atomic E-state index is 11.6. The normalized spacial score (nSPS) is 10.2. The minimum absolute atomic E-state index is 0.101. The third-order valence-electron chi connectivity index (χ3n) is 2.30. The van der Waals surface area contributed by atoms with Gasteiger partial charge in [-0.1, -0.05) is 11.8 Å². The van der Waals surface area contributed by atoms with Crippen molar-refractivity contribution >= 4 is 29.3 Å². The Bertz CT molecular complexity index is 430. The van der Waals surface area contributed by atoms with Crippen molar-refractivity contribution in [3.8, 4) is 0 Å². The highest BCUT2D eigenvalue weighted by molar-refractivity contribution is 7.98. The maximum Gasteiger partial charge on any atom is 0.239 e. The SMILES string of the molecule is CCNc1cc(NCC(=O)NCCOC)nc(SC)n1. The molecule has 0 aliphatic rings. The fourth-order valence-corrected chi connectivity index (χ4v) is 1.78. The van der Waals surface area contributed by atoms with Crippen LogP contribution in [0.4, 0.5) is 11.6 Å². The molecule has 0 bridgehead atoms. The molecule has 0 radical (unpaired) electrons. The number of aromatic nitrogens is 2. The summed E-state index contributed by atoms with van der Waals surface area (Å²) in [7, 11) is 1.59. The number of carbonyl (C=O) groups excluding carboxylic acids is 1. The molecule has 20 heavy (non-hydrogen) atoms. The molecular weight excluding hydrogens is 278 g/mol. The number of rotatable bonds is 9. The summed E-state index contributed by atoms with van der Waals surface area (Å²) in [6, 6.07) is 1.78. The van der Waals surface area contributed by atoms with E-state index in [-0.39, 0.29) is 12.5 Å². The van der Waals surface area contributed by atoms with Gasteiger partial charge in [0.1, 0.15) is 11.6 Å². The van der Waals surface area contributed by atoms with E-state index in [1.54, 1.807) is 13.2 Å². The van der Waals surface area contributed by atoms with Gasteiger partial charge < -0.3 is 20.7 Å². The van der Waals surface area contributed by atoms with Gasteiger partial charge in [-0.05, 0) is 13.2 Å². The number of thioether (sulfide) groups is 1. The van der Waals surface area contributed by atoms with Crippen molar-refractivity contribution in [3.05, 3.63) is 6.07 Å². The van der Waals surface area contributed by atoms with E-state index in [4.69, 9.17) is 4.74 Å². The summed E-state index contributed by atoms with van der Waals surface area (Å²) < 4.78 is 4.86. The van der Waals surface area contributed by atoms with Crippen molar-refractivity contribution in [1.29, 1.82) is 0 Å². The zero-order chi connectivity index (χ0) is 14.8. The third-order valence-corrected chi connectivity index (χ3v) is 2.85. The van der Waals surface area contributed by atoms with E-state index in [1.807, 2.05) is 13.2 Å². The molecule has 1 rings (SSSR count). The Kier molecular flexibility index (Phi) is 7.74. The van der Waals surface area contributed by atoms with Gasteiger partial charge in [-0.2, -0.15) is 0 Å². The van der Waals surface area contributed by atoms with Crippen molar-refractivity contribution in [1.82, 2.24) is 15.3 Å². The Morgan fingerprint density at radius 1 is 1.35 bits per heavy atom. The predicted octanol–water partition coefficient (Wildman–Crippen LogP) is 0.805. The monoisotopic (exact) mass is 299 g/mol. The van der Waals surface area contributed by atoms with E-state index in [0.29, 0.717) is 24.1 Å². The van der Waals surface area contributed by atoms with Crippen molar-refractivity contribution in [2.24, 2.45) is 0 Å². The van der Waals surface area contributed by atoms with Crippen LogP contribution in [-0.4, -0.2) is 55.5 Å².